The highest BCUT2D eigenvalue weighted by Gasteiger charge is 2.40. The van der Waals surface area contributed by atoms with Gasteiger partial charge in [0, 0.05) is 49.8 Å². The first-order chi connectivity index (χ1) is 17.7. The summed E-state index contributed by atoms with van der Waals surface area (Å²) < 4.78 is 5.94. The van der Waals surface area contributed by atoms with Crippen molar-refractivity contribution in [3.05, 3.63) is 53.7 Å². The number of aromatic nitrogens is 2. The summed E-state index contributed by atoms with van der Waals surface area (Å²) in [5.74, 6) is 1.46. The summed E-state index contributed by atoms with van der Waals surface area (Å²) in [6, 6.07) is 13.9. The fourth-order valence-electron chi connectivity index (χ4n) is 4.56. The molecule has 1 amide bonds. The molecule has 0 bridgehead atoms. The molecule has 5 rings (SSSR count). The summed E-state index contributed by atoms with van der Waals surface area (Å²) in [7, 11) is 2.15. The van der Waals surface area contributed by atoms with Crippen molar-refractivity contribution in [2.24, 2.45) is 0 Å². The van der Waals surface area contributed by atoms with Crippen LogP contribution in [0.5, 0.6) is 5.75 Å². The van der Waals surface area contributed by atoms with E-state index in [2.05, 4.69) is 49.6 Å². The van der Waals surface area contributed by atoms with Gasteiger partial charge in [0.15, 0.2) is 11.4 Å². The van der Waals surface area contributed by atoms with Crippen LogP contribution >= 0.6 is 11.6 Å². The van der Waals surface area contributed by atoms with Gasteiger partial charge in [-0.15, -0.1) is 0 Å². The summed E-state index contributed by atoms with van der Waals surface area (Å²) in [4.78, 5) is 28.2. The second-order valence-corrected chi connectivity index (χ2v) is 10.2. The molecule has 3 heterocycles. The van der Waals surface area contributed by atoms with E-state index in [4.69, 9.17) is 16.3 Å². The molecule has 2 aliphatic heterocycles. The van der Waals surface area contributed by atoms with E-state index in [1.54, 1.807) is 24.9 Å². The van der Waals surface area contributed by atoms with Crippen molar-refractivity contribution in [1.82, 2.24) is 14.9 Å². The lowest BCUT2D eigenvalue weighted by Gasteiger charge is -2.38. The molecule has 9 nitrogen and oxygen atoms in total. The Hall–Kier alpha value is -3.56. The Morgan fingerprint density at radius 3 is 2.43 bits per heavy atom. The standard InChI is InChI=1S/C27H32ClN7O2/c1-5-35-22-16-19(8-11-23(22)37-27(2,3)25(35)36)30-24-21(28)17-29-26(32-24)31-18-6-9-20(10-7-18)34-14-12-33(4)13-15-34/h6-11,16-17H,5,12-15H2,1-4H3,(H2,29,30,31,32). The van der Waals surface area contributed by atoms with Crippen LogP contribution in [0.3, 0.4) is 0 Å². The molecule has 37 heavy (non-hydrogen) atoms. The number of halogens is 1. The molecule has 0 atom stereocenters. The maximum absolute atomic E-state index is 12.8. The van der Waals surface area contributed by atoms with Crippen LogP contribution in [0.2, 0.25) is 5.02 Å². The molecular weight excluding hydrogens is 490 g/mol. The average molecular weight is 522 g/mol. The first-order valence-corrected chi connectivity index (χ1v) is 12.9. The number of carbonyl (C=O) groups excluding carboxylic acids is 1. The lowest BCUT2D eigenvalue weighted by atomic mass is 10.0. The van der Waals surface area contributed by atoms with E-state index < -0.39 is 5.60 Å². The third kappa shape index (κ3) is 5.28. The number of hydrogen-bond acceptors (Lipinski definition) is 8. The van der Waals surface area contributed by atoms with Gasteiger partial charge in [0.25, 0.3) is 5.91 Å². The number of hydrogen-bond donors (Lipinski definition) is 2. The number of carbonyl (C=O) groups is 1. The van der Waals surface area contributed by atoms with Crippen LogP contribution in [-0.2, 0) is 4.79 Å². The second-order valence-electron chi connectivity index (χ2n) is 9.82. The van der Waals surface area contributed by atoms with Gasteiger partial charge >= 0.3 is 0 Å². The maximum Gasteiger partial charge on any atom is 0.270 e. The minimum absolute atomic E-state index is 0.0788. The largest absolute Gasteiger partial charge is 0.476 e. The fraction of sp³-hybridized carbons (Fsp3) is 0.370. The average Bonchev–Trinajstić information content (AvgIpc) is 2.88. The zero-order chi connectivity index (χ0) is 26.2. The highest BCUT2D eigenvalue weighted by molar-refractivity contribution is 6.32. The smallest absolute Gasteiger partial charge is 0.270 e. The van der Waals surface area contributed by atoms with Crippen LogP contribution < -0.4 is 25.2 Å². The molecule has 1 fully saturated rings. The molecular formula is C27H32ClN7O2. The van der Waals surface area contributed by atoms with Gasteiger partial charge in [-0.25, -0.2) is 4.98 Å². The fourth-order valence-corrected chi connectivity index (χ4v) is 4.70. The Bertz CT molecular complexity index is 1290. The van der Waals surface area contributed by atoms with E-state index >= 15 is 0 Å². The molecule has 1 saturated heterocycles. The third-order valence-electron chi connectivity index (χ3n) is 6.69. The van der Waals surface area contributed by atoms with Crippen molar-refractivity contribution in [3.8, 4) is 5.75 Å². The van der Waals surface area contributed by atoms with Crippen LogP contribution in [0.15, 0.2) is 48.7 Å². The molecule has 10 heteroatoms. The highest BCUT2D eigenvalue weighted by atomic mass is 35.5. The van der Waals surface area contributed by atoms with Crippen LogP contribution in [0.4, 0.5) is 34.5 Å². The predicted molar refractivity (Wildman–Crippen MR) is 149 cm³/mol. The summed E-state index contributed by atoms with van der Waals surface area (Å²) >= 11 is 6.41. The van der Waals surface area contributed by atoms with E-state index in [1.807, 2.05) is 37.3 Å². The molecule has 2 aliphatic rings. The van der Waals surface area contributed by atoms with E-state index in [-0.39, 0.29) is 5.91 Å². The number of piperazine rings is 1. The normalized spacial score (nSPS) is 17.3. The SMILES string of the molecule is CCN1C(=O)C(C)(C)Oc2ccc(Nc3nc(Nc4ccc(N5CCN(C)CC5)cc4)ncc3Cl)cc21. The molecule has 2 aromatic carbocycles. The van der Waals surface area contributed by atoms with Gasteiger partial charge in [-0.3, -0.25) is 4.79 Å². The van der Waals surface area contributed by atoms with Crippen molar-refractivity contribution in [2.45, 2.75) is 26.4 Å². The van der Waals surface area contributed by atoms with Gasteiger partial charge in [0.2, 0.25) is 5.95 Å². The van der Waals surface area contributed by atoms with Crippen molar-refractivity contribution in [1.29, 1.82) is 0 Å². The van der Waals surface area contributed by atoms with Crippen LogP contribution in [0, 0.1) is 0 Å². The van der Waals surface area contributed by atoms with Gasteiger partial charge in [-0.05, 0) is 70.3 Å². The number of ether oxygens (including phenoxy) is 1. The van der Waals surface area contributed by atoms with Crippen LogP contribution in [0.1, 0.15) is 20.8 Å². The molecule has 0 saturated carbocycles. The van der Waals surface area contributed by atoms with Crippen molar-refractivity contribution >= 4 is 52.0 Å². The van der Waals surface area contributed by atoms with E-state index in [0.717, 1.165) is 37.6 Å². The summed E-state index contributed by atoms with van der Waals surface area (Å²) in [6.45, 7) is 10.2. The van der Waals surface area contributed by atoms with Crippen molar-refractivity contribution < 1.29 is 9.53 Å². The van der Waals surface area contributed by atoms with Crippen LogP contribution in [-0.4, -0.2) is 66.1 Å². The topological polar surface area (TPSA) is 85.9 Å². The number of amides is 1. The first kappa shape index (κ1) is 25.1. The molecule has 0 radical (unpaired) electrons. The third-order valence-corrected chi connectivity index (χ3v) is 6.97. The number of nitrogens with one attached hydrogen (secondary N) is 2. The lowest BCUT2D eigenvalue weighted by Crippen LogP contribution is -2.52. The van der Waals surface area contributed by atoms with Gasteiger partial charge < -0.3 is 30.1 Å². The quantitative estimate of drug-likeness (QED) is 0.474. The number of benzene rings is 2. The molecule has 3 aromatic rings. The molecule has 1 aromatic heterocycles. The Morgan fingerprint density at radius 1 is 1.03 bits per heavy atom. The molecule has 194 valence electrons. The van der Waals surface area contributed by atoms with Crippen molar-refractivity contribution in [2.75, 3.05) is 60.2 Å². The Labute approximate surface area is 222 Å². The van der Waals surface area contributed by atoms with Gasteiger partial charge in [-0.1, -0.05) is 11.6 Å². The minimum Gasteiger partial charge on any atom is -0.476 e. The zero-order valence-corrected chi connectivity index (χ0v) is 22.3. The first-order valence-electron chi connectivity index (χ1n) is 12.5. The Kier molecular flexibility index (Phi) is 6.83. The number of nitrogens with zero attached hydrogens (tertiary/aromatic N) is 5. The Morgan fingerprint density at radius 2 is 1.73 bits per heavy atom. The highest BCUT2D eigenvalue weighted by Crippen LogP contribution is 2.40. The van der Waals surface area contributed by atoms with Crippen LogP contribution in [0.25, 0.3) is 0 Å². The monoisotopic (exact) mass is 521 g/mol. The van der Waals surface area contributed by atoms with E-state index in [0.29, 0.717) is 34.8 Å². The van der Waals surface area contributed by atoms with Gasteiger partial charge in [0.1, 0.15) is 10.8 Å². The second kappa shape index (κ2) is 10.1. The number of fused-ring (bicyclic) bond motifs is 1. The number of likely N-dealkylation sites (N-methyl/N-ethyl adjacent to an activating group) is 2. The summed E-state index contributed by atoms with van der Waals surface area (Å²) in [5.41, 5.74) is 2.63. The lowest BCUT2D eigenvalue weighted by molar-refractivity contribution is -0.132. The summed E-state index contributed by atoms with van der Waals surface area (Å²) in [5, 5.41) is 6.90. The Balaban J connectivity index is 1.31. The number of anilines is 6. The summed E-state index contributed by atoms with van der Waals surface area (Å²) in [6.07, 6.45) is 1.56. The van der Waals surface area contributed by atoms with Gasteiger partial charge in [0.05, 0.1) is 11.9 Å². The van der Waals surface area contributed by atoms with Crippen molar-refractivity contribution in [3.63, 3.8) is 0 Å². The number of rotatable bonds is 6. The molecule has 0 aliphatic carbocycles. The predicted octanol–water partition coefficient (Wildman–Crippen LogP) is 4.89. The van der Waals surface area contributed by atoms with Gasteiger partial charge in [-0.2, -0.15) is 4.98 Å². The molecule has 0 spiro atoms. The minimum atomic E-state index is -0.906. The molecule has 2 N–H and O–H groups in total. The van der Waals surface area contributed by atoms with E-state index in [1.165, 1.54) is 5.69 Å². The van der Waals surface area contributed by atoms with E-state index in [9.17, 15) is 4.79 Å². The zero-order valence-electron chi connectivity index (χ0n) is 21.6. The maximum atomic E-state index is 12.8. The molecule has 0 unspecified atom stereocenters.